The first-order valence-electron chi connectivity index (χ1n) is 11.7. The van der Waals surface area contributed by atoms with E-state index in [2.05, 4.69) is 47.1 Å². The standard InChI is InChI=1S/C25H33N5O2/c1-24(2)16-20-18(4-3-5-21(20)32-24)17-29-12-7-25(8-13-29)9-14-30(15-10-25)23(31)19-6-11-27-28-22(19)26/h3-6,11H,7-10,12-17H2,1-2H3,(H2,26,28). The van der Waals surface area contributed by atoms with E-state index in [1.165, 1.54) is 30.2 Å². The molecule has 1 aromatic heterocycles. The molecule has 2 aromatic rings. The highest BCUT2D eigenvalue weighted by atomic mass is 16.5. The third kappa shape index (κ3) is 4.06. The number of amides is 1. The van der Waals surface area contributed by atoms with Crippen molar-refractivity contribution in [3.63, 3.8) is 0 Å². The van der Waals surface area contributed by atoms with Gasteiger partial charge in [0.25, 0.3) is 5.91 Å². The summed E-state index contributed by atoms with van der Waals surface area (Å²) in [5.74, 6) is 1.25. The molecular weight excluding hydrogens is 402 g/mol. The summed E-state index contributed by atoms with van der Waals surface area (Å²) in [6, 6.07) is 8.15. The predicted octanol–water partition coefficient (Wildman–Crippen LogP) is 3.29. The van der Waals surface area contributed by atoms with E-state index in [9.17, 15) is 4.79 Å². The lowest BCUT2D eigenvalue weighted by atomic mass is 9.71. The van der Waals surface area contributed by atoms with Gasteiger partial charge in [-0.2, -0.15) is 5.10 Å². The Balaban J connectivity index is 1.17. The van der Waals surface area contributed by atoms with Gasteiger partial charge in [0.15, 0.2) is 5.82 Å². The van der Waals surface area contributed by atoms with Gasteiger partial charge in [0.05, 0.1) is 11.8 Å². The Morgan fingerprint density at radius 2 is 1.81 bits per heavy atom. The van der Waals surface area contributed by atoms with Crippen molar-refractivity contribution < 1.29 is 9.53 Å². The molecule has 7 heteroatoms. The van der Waals surface area contributed by atoms with Crippen LogP contribution in [0.15, 0.2) is 30.5 Å². The van der Waals surface area contributed by atoms with Crippen LogP contribution in [-0.2, 0) is 13.0 Å². The van der Waals surface area contributed by atoms with Crippen molar-refractivity contribution in [3.8, 4) is 5.75 Å². The topological polar surface area (TPSA) is 84.6 Å². The second kappa shape index (κ2) is 8.03. The van der Waals surface area contributed by atoms with Gasteiger partial charge in [0.1, 0.15) is 11.4 Å². The number of ether oxygens (including phenoxy) is 1. The lowest BCUT2D eigenvalue weighted by Crippen LogP contribution is -2.48. The van der Waals surface area contributed by atoms with Gasteiger partial charge in [-0.25, -0.2) is 0 Å². The molecule has 1 amide bonds. The number of nitrogens with zero attached hydrogens (tertiary/aromatic N) is 4. The molecule has 1 aromatic carbocycles. The number of rotatable bonds is 3. The van der Waals surface area contributed by atoms with Crippen LogP contribution in [0.25, 0.3) is 0 Å². The number of carbonyl (C=O) groups is 1. The van der Waals surface area contributed by atoms with Gasteiger partial charge in [-0.1, -0.05) is 12.1 Å². The normalized spacial score (nSPS) is 21.9. The van der Waals surface area contributed by atoms with E-state index >= 15 is 0 Å². The molecule has 2 fully saturated rings. The summed E-state index contributed by atoms with van der Waals surface area (Å²) in [7, 11) is 0. The highest BCUT2D eigenvalue weighted by molar-refractivity contribution is 5.98. The van der Waals surface area contributed by atoms with Crippen LogP contribution in [0.5, 0.6) is 5.75 Å². The van der Waals surface area contributed by atoms with Crippen LogP contribution < -0.4 is 10.5 Å². The van der Waals surface area contributed by atoms with E-state index in [0.29, 0.717) is 11.0 Å². The molecule has 0 aliphatic carbocycles. The maximum absolute atomic E-state index is 12.8. The fraction of sp³-hybridized carbons (Fsp3) is 0.560. The Hall–Kier alpha value is -2.67. The number of benzene rings is 1. The molecule has 0 bridgehead atoms. The molecule has 32 heavy (non-hydrogen) atoms. The van der Waals surface area contributed by atoms with Crippen LogP contribution in [0.1, 0.15) is 61.0 Å². The number of aromatic nitrogens is 2. The summed E-state index contributed by atoms with van der Waals surface area (Å²) >= 11 is 0. The number of anilines is 1. The molecule has 0 atom stereocenters. The Labute approximate surface area is 189 Å². The molecule has 4 heterocycles. The number of likely N-dealkylation sites (tertiary alicyclic amines) is 2. The van der Waals surface area contributed by atoms with Crippen molar-refractivity contribution in [3.05, 3.63) is 47.2 Å². The molecule has 170 valence electrons. The molecule has 7 nitrogen and oxygen atoms in total. The van der Waals surface area contributed by atoms with Gasteiger partial charge in [-0.15, -0.1) is 5.10 Å². The lowest BCUT2D eigenvalue weighted by Gasteiger charge is -2.47. The van der Waals surface area contributed by atoms with Gasteiger partial charge < -0.3 is 15.4 Å². The van der Waals surface area contributed by atoms with Crippen LogP contribution in [0.3, 0.4) is 0 Å². The maximum atomic E-state index is 12.8. The summed E-state index contributed by atoms with van der Waals surface area (Å²) < 4.78 is 6.12. The monoisotopic (exact) mass is 435 g/mol. The fourth-order valence-electron chi connectivity index (χ4n) is 5.62. The minimum Gasteiger partial charge on any atom is -0.487 e. The van der Waals surface area contributed by atoms with E-state index in [1.807, 2.05) is 4.90 Å². The van der Waals surface area contributed by atoms with E-state index in [4.69, 9.17) is 10.5 Å². The fourth-order valence-corrected chi connectivity index (χ4v) is 5.62. The quantitative estimate of drug-likeness (QED) is 0.796. The van der Waals surface area contributed by atoms with E-state index in [0.717, 1.165) is 57.7 Å². The van der Waals surface area contributed by atoms with Crippen molar-refractivity contribution in [1.82, 2.24) is 20.0 Å². The van der Waals surface area contributed by atoms with Gasteiger partial charge in [-0.05, 0) is 75.7 Å². The summed E-state index contributed by atoms with van der Waals surface area (Å²) in [4.78, 5) is 17.4. The summed E-state index contributed by atoms with van der Waals surface area (Å²) in [6.45, 7) is 9.14. The van der Waals surface area contributed by atoms with E-state index < -0.39 is 0 Å². The van der Waals surface area contributed by atoms with E-state index in [1.54, 1.807) is 6.07 Å². The van der Waals surface area contributed by atoms with Gasteiger partial charge >= 0.3 is 0 Å². The highest BCUT2D eigenvalue weighted by Crippen LogP contribution is 2.43. The number of nitrogens with two attached hydrogens (primary N) is 1. The SMILES string of the molecule is CC1(C)Cc2c(CN3CCC4(CC3)CCN(C(=O)c3ccnnc3N)CC4)cccc2O1. The lowest BCUT2D eigenvalue weighted by molar-refractivity contribution is 0.0285. The second-order valence-corrected chi connectivity index (χ2v) is 10.3. The zero-order valence-corrected chi connectivity index (χ0v) is 19.1. The number of carbonyl (C=O) groups excluding carboxylic acids is 1. The third-order valence-electron chi connectivity index (χ3n) is 7.62. The van der Waals surface area contributed by atoms with Crippen molar-refractivity contribution in [2.75, 3.05) is 31.9 Å². The van der Waals surface area contributed by atoms with Gasteiger partial charge in [0, 0.05) is 31.6 Å². The molecule has 3 aliphatic rings. The average molecular weight is 436 g/mol. The smallest absolute Gasteiger partial charge is 0.257 e. The Morgan fingerprint density at radius 3 is 2.53 bits per heavy atom. The first kappa shape index (κ1) is 21.2. The predicted molar refractivity (Wildman–Crippen MR) is 123 cm³/mol. The average Bonchev–Trinajstić information content (AvgIpc) is 3.11. The number of nitrogen functional groups attached to an aromatic ring is 1. The first-order chi connectivity index (χ1) is 15.3. The van der Waals surface area contributed by atoms with Gasteiger partial charge in [-0.3, -0.25) is 9.69 Å². The number of fused-ring (bicyclic) bond motifs is 1. The zero-order chi connectivity index (χ0) is 22.3. The third-order valence-corrected chi connectivity index (χ3v) is 7.62. The summed E-state index contributed by atoms with van der Waals surface area (Å²) in [6.07, 6.45) is 7.04. The Kier molecular flexibility index (Phi) is 5.32. The molecule has 2 N–H and O–H groups in total. The molecule has 2 saturated heterocycles. The van der Waals surface area contributed by atoms with Crippen LogP contribution in [0, 0.1) is 5.41 Å². The maximum Gasteiger partial charge on any atom is 0.257 e. The zero-order valence-electron chi connectivity index (χ0n) is 19.1. The second-order valence-electron chi connectivity index (χ2n) is 10.3. The molecule has 0 unspecified atom stereocenters. The van der Waals surface area contributed by atoms with Crippen molar-refractivity contribution >= 4 is 11.7 Å². The first-order valence-corrected chi connectivity index (χ1v) is 11.7. The number of hydrogen-bond acceptors (Lipinski definition) is 6. The van der Waals surface area contributed by atoms with Crippen LogP contribution >= 0.6 is 0 Å². The minimum atomic E-state index is -0.104. The molecule has 3 aliphatic heterocycles. The molecular formula is C25H33N5O2. The Bertz CT molecular complexity index is 1000. The Morgan fingerprint density at radius 1 is 1.09 bits per heavy atom. The number of hydrogen-bond donors (Lipinski definition) is 1. The summed E-state index contributed by atoms with van der Waals surface area (Å²) in [5, 5.41) is 7.56. The minimum absolute atomic E-state index is 0.0206. The van der Waals surface area contributed by atoms with Gasteiger partial charge in [0.2, 0.25) is 0 Å². The van der Waals surface area contributed by atoms with Crippen molar-refractivity contribution in [1.29, 1.82) is 0 Å². The van der Waals surface area contributed by atoms with E-state index in [-0.39, 0.29) is 17.3 Å². The van der Waals surface area contributed by atoms with Crippen LogP contribution in [0.2, 0.25) is 0 Å². The highest BCUT2D eigenvalue weighted by Gasteiger charge is 2.39. The summed E-state index contributed by atoms with van der Waals surface area (Å²) in [5.41, 5.74) is 9.37. The van der Waals surface area contributed by atoms with Crippen LogP contribution in [-0.4, -0.2) is 57.7 Å². The number of piperidine rings is 2. The van der Waals surface area contributed by atoms with Crippen molar-refractivity contribution in [2.45, 2.75) is 58.1 Å². The molecule has 0 saturated carbocycles. The van der Waals surface area contributed by atoms with Crippen molar-refractivity contribution in [2.24, 2.45) is 5.41 Å². The molecule has 1 spiro atoms. The molecule has 0 radical (unpaired) electrons. The van der Waals surface area contributed by atoms with Crippen LogP contribution in [0.4, 0.5) is 5.82 Å². The largest absolute Gasteiger partial charge is 0.487 e. The molecule has 5 rings (SSSR count).